The predicted octanol–water partition coefficient (Wildman–Crippen LogP) is 5.83. The maximum Gasteiger partial charge on any atom is 0.264 e. The van der Waals surface area contributed by atoms with E-state index in [9.17, 15) is 18.0 Å². The van der Waals surface area contributed by atoms with Crippen LogP contribution in [0.3, 0.4) is 0 Å². The summed E-state index contributed by atoms with van der Waals surface area (Å²) in [6.45, 7) is 8.49. The van der Waals surface area contributed by atoms with Crippen LogP contribution in [-0.4, -0.2) is 43.3 Å². The minimum absolute atomic E-state index is 0.0285. The SMILES string of the molecule is Cc1ccc(S(=O)(=O)N(CC(=O)N(Cc2cccc(Cl)c2)[C@@H](C)C(=O)NC(C)(C)C)c2cccc(Cl)c2)cc1. The lowest BCUT2D eigenvalue weighted by Gasteiger charge is -2.33. The third kappa shape index (κ3) is 8.21. The molecule has 0 aliphatic carbocycles. The van der Waals surface area contributed by atoms with Crippen LogP contribution in [0, 0.1) is 6.92 Å². The number of nitrogens with zero attached hydrogens (tertiary/aromatic N) is 2. The zero-order chi connectivity index (χ0) is 29.0. The topological polar surface area (TPSA) is 86.8 Å². The molecule has 0 aliphatic heterocycles. The third-order valence-electron chi connectivity index (χ3n) is 5.89. The fourth-order valence-corrected chi connectivity index (χ4v) is 5.69. The number of carbonyl (C=O) groups excluding carboxylic acids is 2. The van der Waals surface area contributed by atoms with Crippen molar-refractivity contribution in [3.05, 3.63) is 94.0 Å². The number of halogens is 2. The van der Waals surface area contributed by atoms with Gasteiger partial charge in [-0.05, 0) is 82.6 Å². The fraction of sp³-hybridized carbons (Fsp3) is 0.310. The van der Waals surface area contributed by atoms with Crippen LogP contribution in [0.15, 0.2) is 77.7 Å². The average Bonchev–Trinajstić information content (AvgIpc) is 2.84. The Balaban J connectivity index is 2.04. The first-order chi connectivity index (χ1) is 18.2. The van der Waals surface area contributed by atoms with Crippen molar-refractivity contribution < 1.29 is 18.0 Å². The lowest BCUT2D eigenvalue weighted by atomic mass is 10.1. The molecule has 0 aromatic heterocycles. The molecule has 0 saturated carbocycles. The van der Waals surface area contributed by atoms with Gasteiger partial charge in [-0.2, -0.15) is 0 Å². The highest BCUT2D eigenvalue weighted by Gasteiger charge is 2.33. The van der Waals surface area contributed by atoms with Gasteiger partial charge in [0.1, 0.15) is 12.6 Å². The van der Waals surface area contributed by atoms with Crippen LogP contribution in [0.5, 0.6) is 0 Å². The van der Waals surface area contributed by atoms with Gasteiger partial charge in [0.2, 0.25) is 11.8 Å². The summed E-state index contributed by atoms with van der Waals surface area (Å²) in [6, 6.07) is 18.7. The first-order valence-electron chi connectivity index (χ1n) is 12.4. The van der Waals surface area contributed by atoms with Gasteiger partial charge < -0.3 is 10.2 Å². The predicted molar refractivity (Wildman–Crippen MR) is 157 cm³/mol. The molecule has 0 saturated heterocycles. The number of rotatable bonds is 9. The average molecular weight is 591 g/mol. The second-order valence-electron chi connectivity index (χ2n) is 10.4. The second kappa shape index (κ2) is 12.4. The van der Waals surface area contributed by atoms with Crippen LogP contribution in [0.4, 0.5) is 5.69 Å². The number of anilines is 1. The number of nitrogens with one attached hydrogen (secondary N) is 1. The van der Waals surface area contributed by atoms with Crippen molar-refractivity contribution >= 4 is 50.7 Å². The molecule has 2 amide bonds. The first-order valence-corrected chi connectivity index (χ1v) is 14.6. The molecule has 3 aromatic rings. The van der Waals surface area contributed by atoms with Crippen LogP contribution >= 0.6 is 23.2 Å². The van der Waals surface area contributed by atoms with E-state index in [0.717, 1.165) is 9.87 Å². The van der Waals surface area contributed by atoms with E-state index in [-0.39, 0.29) is 23.0 Å². The molecule has 1 N–H and O–H groups in total. The molecule has 0 bridgehead atoms. The summed E-state index contributed by atoms with van der Waals surface area (Å²) < 4.78 is 28.7. The Labute approximate surface area is 240 Å². The lowest BCUT2D eigenvalue weighted by Crippen LogP contribution is -2.54. The van der Waals surface area contributed by atoms with Crippen molar-refractivity contribution in [3.63, 3.8) is 0 Å². The summed E-state index contributed by atoms with van der Waals surface area (Å²) in [5.74, 6) is -0.934. The lowest BCUT2D eigenvalue weighted by molar-refractivity contribution is -0.140. The number of hydrogen-bond acceptors (Lipinski definition) is 4. The van der Waals surface area contributed by atoms with Crippen molar-refractivity contribution in [2.45, 2.75) is 57.6 Å². The van der Waals surface area contributed by atoms with Crippen LogP contribution in [0.2, 0.25) is 10.0 Å². The van der Waals surface area contributed by atoms with Crippen molar-refractivity contribution in [1.82, 2.24) is 10.2 Å². The standard InChI is InChI=1S/C29H33Cl2N3O4S/c1-20-12-14-26(15-13-20)39(37,38)34(25-11-7-10-24(31)17-25)19-27(35)33(18-22-8-6-9-23(30)16-22)21(2)28(36)32-29(3,4)5/h6-17,21H,18-19H2,1-5H3,(H,32,36)/t21-/m0/s1. The van der Waals surface area contributed by atoms with E-state index in [1.54, 1.807) is 61.5 Å². The fourth-order valence-electron chi connectivity index (χ4n) is 3.89. The molecule has 0 fully saturated rings. The number of benzene rings is 3. The number of carbonyl (C=O) groups is 2. The van der Waals surface area contributed by atoms with Gasteiger partial charge in [-0.25, -0.2) is 8.42 Å². The highest BCUT2D eigenvalue weighted by atomic mass is 35.5. The molecule has 1 atom stereocenters. The van der Waals surface area contributed by atoms with Gasteiger partial charge in [-0.3, -0.25) is 13.9 Å². The smallest absolute Gasteiger partial charge is 0.264 e. The quantitative estimate of drug-likeness (QED) is 0.340. The summed E-state index contributed by atoms with van der Waals surface area (Å²) in [4.78, 5) is 28.4. The molecule has 3 rings (SSSR count). The largest absolute Gasteiger partial charge is 0.350 e. The van der Waals surface area contributed by atoms with Gasteiger partial charge in [0.05, 0.1) is 10.6 Å². The molecular weight excluding hydrogens is 557 g/mol. The zero-order valence-corrected chi connectivity index (χ0v) is 24.9. The molecule has 7 nitrogen and oxygen atoms in total. The van der Waals surface area contributed by atoms with Crippen LogP contribution in [-0.2, 0) is 26.2 Å². The highest BCUT2D eigenvalue weighted by molar-refractivity contribution is 7.92. The Bertz CT molecular complexity index is 1440. The normalized spacial score (nSPS) is 12.5. The van der Waals surface area contributed by atoms with E-state index >= 15 is 0 Å². The summed E-state index contributed by atoms with van der Waals surface area (Å²) in [5.41, 5.74) is 1.29. The van der Waals surface area contributed by atoms with Crippen molar-refractivity contribution in [2.75, 3.05) is 10.8 Å². The zero-order valence-electron chi connectivity index (χ0n) is 22.6. The minimum Gasteiger partial charge on any atom is -0.350 e. The Morgan fingerprint density at radius 3 is 2.08 bits per heavy atom. The monoisotopic (exact) mass is 589 g/mol. The summed E-state index contributed by atoms with van der Waals surface area (Å²) in [7, 11) is -4.17. The van der Waals surface area contributed by atoms with E-state index < -0.39 is 34.1 Å². The Morgan fingerprint density at radius 2 is 1.51 bits per heavy atom. The van der Waals surface area contributed by atoms with E-state index in [0.29, 0.717) is 15.6 Å². The molecule has 208 valence electrons. The number of amides is 2. The first kappa shape index (κ1) is 30.5. The van der Waals surface area contributed by atoms with Gasteiger partial charge in [0, 0.05) is 22.1 Å². The van der Waals surface area contributed by atoms with E-state index in [2.05, 4.69) is 5.32 Å². The van der Waals surface area contributed by atoms with Gasteiger partial charge in [-0.1, -0.05) is 59.1 Å². The number of hydrogen-bond donors (Lipinski definition) is 1. The van der Waals surface area contributed by atoms with Gasteiger partial charge in [-0.15, -0.1) is 0 Å². The maximum atomic E-state index is 13.9. The van der Waals surface area contributed by atoms with E-state index in [4.69, 9.17) is 23.2 Å². The molecule has 39 heavy (non-hydrogen) atoms. The molecule has 10 heteroatoms. The summed E-state index contributed by atoms with van der Waals surface area (Å²) >= 11 is 12.4. The molecular formula is C29H33Cl2N3O4S. The third-order valence-corrected chi connectivity index (χ3v) is 8.15. The molecule has 0 unspecified atom stereocenters. The van der Waals surface area contributed by atoms with Gasteiger partial charge in [0.15, 0.2) is 0 Å². The van der Waals surface area contributed by atoms with Crippen molar-refractivity contribution in [1.29, 1.82) is 0 Å². The minimum atomic E-state index is -4.17. The molecule has 0 radical (unpaired) electrons. The van der Waals surface area contributed by atoms with Crippen molar-refractivity contribution in [2.24, 2.45) is 0 Å². The number of sulfonamides is 1. The number of aryl methyl sites for hydroxylation is 1. The van der Waals surface area contributed by atoms with Crippen molar-refractivity contribution in [3.8, 4) is 0 Å². The van der Waals surface area contributed by atoms with Crippen LogP contribution in [0.1, 0.15) is 38.8 Å². The van der Waals surface area contributed by atoms with Crippen LogP contribution in [0.25, 0.3) is 0 Å². The summed E-state index contributed by atoms with van der Waals surface area (Å²) in [6.07, 6.45) is 0. The Morgan fingerprint density at radius 1 is 0.923 bits per heavy atom. The second-order valence-corrected chi connectivity index (χ2v) is 13.1. The summed E-state index contributed by atoms with van der Waals surface area (Å²) in [5, 5.41) is 3.70. The van der Waals surface area contributed by atoms with E-state index in [1.807, 2.05) is 27.7 Å². The van der Waals surface area contributed by atoms with Gasteiger partial charge in [0.25, 0.3) is 10.0 Å². The molecule has 0 heterocycles. The Kier molecular flexibility index (Phi) is 9.69. The molecule has 0 aliphatic rings. The molecule has 0 spiro atoms. The molecule has 3 aromatic carbocycles. The Hall–Kier alpha value is -3.07. The van der Waals surface area contributed by atoms with E-state index in [1.165, 1.54) is 23.1 Å². The van der Waals surface area contributed by atoms with Gasteiger partial charge >= 0.3 is 0 Å². The maximum absolute atomic E-state index is 13.9. The van der Waals surface area contributed by atoms with Crippen LogP contribution < -0.4 is 9.62 Å². The highest BCUT2D eigenvalue weighted by Crippen LogP contribution is 2.27.